The van der Waals surface area contributed by atoms with E-state index in [9.17, 15) is 4.79 Å². The summed E-state index contributed by atoms with van der Waals surface area (Å²) in [5.41, 5.74) is 3.45. The summed E-state index contributed by atoms with van der Waals surface area (Å²) in [6.45, 7) is 3.72. The summed E-state index contributed by atoms with van der Waals surface area (Å²) in [5, 5.41) is 7.76. The molecule has 1 aliphatic heterocycles. The van der Waals surface area contributed by atoms with Gasteiger partial charge in [-0.05, 0) is 19.1 Å². The summed E-state index contributed by atoms with van der Waals surface area (Å²) >= 11 is 0. The van der Waals surface area contributed by atoms with Crippen molar-refractivity contribution in [2.75, 3.05) is 13.2 Å². The number of nitrogens with zero attached hydrogens (tertiary/aromatic N) is 2. The van der Waals surface area contributed by atoms with Gasteiger partial charge in [0.1, 0.15) is 0 Å². The molecule has 5 nitrogen and oxygen atoms in total. The number of halogens is 1. The van der Waals surface area contributed by atoms with Crippen molar-refractivity contribution in [2.45, 2.75) is 19.9 Å². The topological polar surface area (TPSA) is 56.1 Å². The van der Waals surface area contributed by atoms with E-state index in [2.05, 4.69) is 10.4 Å². The fraction of sp³-hybridized carbons (Fsp3) is 0.333. The lowest BCUT2D eigenvalue weighted by atomic mass is 10.1. The van der Waals surface area contributed by atoms with Gasteiger partial charge in [-0.2, -0.15) is 5.10 Å². The highest BCUT2D eigenvalue weighted by Crippen LogP contribution is 2.22. The van der Waals surface area contributed by atoms with E-state index in [0.29, 0.717) is 18.8 Å². The van der Waals surface area contributed by atoms with Crippen molar-refractivity contribution in [3.8, 4) is 5.69 Å². The largest absolute Gasteiger partial charge is 0.461 e. The van der Waals surface area contributed by atoms with E-state index in [-0.39, 0.29) is 18.4 Å². The van der Waals surface area contributed by atoms with Crippen LogP contribution in [0, 0.1) is 0 Å². The Balaban J connectivity index is 0.00000161. The number of fused-ring (bicyclic) bond motifs is 1. The van der Waals surface area contributed by atoms with Crippen LogP contribution in [0.15, 0.2) is 30.3 Å². The van der Waals surface area contributed by atoms with Gasteiger partial charge in [0.2, 0.25) is 0 Å². The molecule has 0 spiro atoms. The SMILES string of the molecule is CCOC(=O)c1nn(-c2ccccc2)c2c1CNCC2.Cl. The van der Waals surface area contributed by atoms with E-state index in [0.717, 1.165) is 29.9 Å². The van der Waals surface area contributed by atoms with Crippen molar-refractivity contribution < 1.29 is 9.53 Å². The van der Waals surface area contributed by atoms with Crippen molar-refractivity contribution in [2.24, 2.45) is 0 Å². The van der Waals surface area contributed by atoms with Gasteiger partial charge in [-0.3, -0.25) is 0 Å². The minimum Gasteiger partial charge on any atom is -0.461 e. The van der Waals surface area contributed by atoms with Crippen LogP contribution in [-0.4, -0.2) is 28.9 Å². The van der Waals surface area contributed by atoms with E-state index in [1.165, 1.54) is 0 Å². The first-order valence-electron chi connectivity index (χ1n) is 6.85. The highest BCUT2D eigenvalue weighted by atomic mass is 35.5. The molecule has 0 saturated heterocycles. The van der Waals surface area contributed by atoms with Crippen LogP contribution in [0.3, 0.4) is 0 Å². The molecule has 0 radical (unpaired) electrons. The predicted octanol–water partition coefficient (Wildman–Crippen LogP) is 2.12. The Morgan fingerprint density at radius 1 is 1.38 bits per heavy atom. The van der Waals surface area contributed by atoms with Gasteiger partial charge < -0.3 is 10.1 Å². The first kappa shape index (κ1) is 15.5. The molecule has 0 bridgehead atoms. The smallest absolute Gasteiger partial charge is 0.359 e. The van der Waals surface area contributed by atoms with Crippen molar-refractivity contribution in [1.82, 2.24) is 15.1 Å². The number of benzene rings is 1. The third kappa shape index (κ3) is 2.94. The average Bonchev–Trinajstić information content (AvgIpc) is 2.88. The van der Waals surface area contributed by atoms with Crippen LogP contribution in [0.25, 0.3) is 5.69 Å². The number of nitrogens with one attached hydrogen (secondary N) is 1. The number of para-hydroxylation sites is 1. The average molecular weight is 308 g/mol. The highest BCUT2D eigenvalue weighted by Gasteiger charge is 2.26. The number of rotatable bonds is 3. The maximum absolute atomic E-state index is 12.0. The van der Waals surface area contributed by atoms with Crippen molar-refractivity contribution in [1.29, 1.82) is 0 Å². The molecule has 2 heterocycles. The number of aromatic nitrogens is 2. The second-order valence-electron chi connectivity index (χ2n) is 4.67. The Bertz CT molecular complexity index is 625. The van der Waals surface area contributed by atoms with Crippen molar-refractivity contribution in [3.63, 3.8) is 0 Å². The number of carbonyl (C=O) groups is 1. The van der Waals surface area contributed by atoms with Crippen LogP contribution in [0.4, 0.5) is 0 Å². The molecule has 112 valence electrons. The third-order valence-corrected chi connectivity index (χ3v) is 3.40. The molecule has 0 amide bonds. The monoisotopic (exact) mass is 307 g/mol. The van der Waals surface area contributed by atoms with Gasteiger partial charge in [0.15, 0.2) is 5.69 Å². The van der Waals surface area contributed by atoms with Crippen LogP contribution < -0.4 is 5.32 Å². The van der Waals surface area contributed by atoms with Gasteiger partial charge in [0.05, 0.1) is 18.0 Å². The molecule has 1 aliphatic rings. The quantitative estimate of drug-likeness (QED) is 0.883. The summed E-state index contributed by atoms with van der Waals surface area (Å²) in [7, 11) is 0. The first-order chi connectivity index (χ1) is 9.81. The summed E-state index contributed by atoms with van der Waals surface area (Å²) in [5.74, 6) is -0.345. The molecule has 0 atom stereocenters. The zero-order chi connectivity index (χ0) is 13.9. The Kier molecular flexibility index (Phi) is 4.98. The fourth-order valence-electron chi connectivity index (χ4n) is 2.49. The van der Waals surface area contributed by atoms with Gasteiger partial charge in [-0.15, -0.1) is 12.4 Å². The van der Waals surface area contributed by atoms with Crippen molar-refractivity contribution >= 4 is 18.4 Å². The molecule has 2 aromatic rings. The minimum absolute atomic E-state index is 0. The van der Waals surface area contributed by atoms with Crippen LogP contribution in [0.2, 0.25) is 0 Å². The van der Waals surface area contributed by atoms with Crippen LogP contribution in [-0.2, 0) is 17.7 Å². The van der Waals surface area contributed by atoms with Gasteiger partial charge in [-0.25, -0.2) is 9.48 Å². The molecule has 1 N–H and O–H groups in total. The lowest BCUT2D eigenvalue weighted by Gasteiger charge is -2.15. The summed E-state index contributed by atoms with van der Waals surface area (Å²) in [4.78, 5) is 12.0. The molecule has 0 saturated carbocycles. The molecule has 0 unspecified atom stereocenters. The first-order valence-corrected chi connectivity index (χ1v) is 6.85. The van der Waals surface area contributed by atoms with Gasteiger partial charge >= 0.3 is 5.97 Å². The number of carbonyl (C=O) groups excluding carboxylic acids is 1. The lowest BCUT2D eigenvalue weighted by Crippen LogP contribution is -2.25. The van der Waals surface area contributed by atoms with E-state index in [1.54, 1.807) is 6.92 Å². The van der Waals surface area contributed by atoms with Gasteiger partial charge in [0.25, 0.3) is 0 Å². The maximum atomic E-state index is 12.0. The number of ether oxygens (including phenoxy) is 1. The normalized spacial score (nSPS) is 13.2. The zero-order valence-electron chi connectivity index (χ0n) is 11.8. The Morgan fingerprint density at radius 3 is 2.86 bits per heavy atom. The molecular weight excluding hydrogens is 290 g/mol. The number of hydrogen-bond donors (Lipinski definition) is 1. The van der Waals surface area contributed by atoms with Gasteiger partial charge in [-0.1, -0.05) is 18.2 Å². The Hall–Kier alpha value is -1.85. The fourth-order valence-corrected chi connectivity index (χ4v) is 2.49. The van der Waals surface area contributed by atoms with E-state index in [4.69, 9.17) is 4.74 Å². The standard InChI is InChI=1S/C15H17N3O2.ClH/c1-2-20-15(19)14-12-10-16-9-8-13(12)18(17-14)11-6-4-3-5-7-11;/h3-7,16H,2,8-10H2,1H3;1H. The maximum Gasteiger partial charge on any atom is 0.359 e. The predicted molar refractivity (Wildman–Crippen MR) is 82.2 cm³/mol. The van der Waals surface area contributed by atoms with E-state index < -0.39 is 0 Å². The molecule has 0 aliphatic carbocycles. The van der Waals surface area contributed by atoms with Crippen LogP contribution in [0.1, 0.15) is 28.7 Å². The van der Waals surface area contributed by atoms with Crippen LogP contribution >= 0.6 is 12.4 Å². The minimum atomic E-state index is -0.345. The number of hydrogen-bond acceptors (Lipinski definition) is 4. The molecule has 1 aromatic heterocycles. The Labute approximate surface area is 129 Å². The number of esters is 1. The van der Waals surface area contributed by atoms with Gasteiger partial charge in [0, 0.05) is 25.1 Å². The molecule has 1 aromatic carbocycles. The summed E-state index contributed by atoms with van der Waals surface area (Å²) in [6.07, 6.45) is 0.858. The zero-order valence-corrected chi connectivity index (χ0v) is 12.7. The second kappa shape index (κ2) is 6.74. The van der Waals surface area contributed by atoms with Crippen LogP contribution in [0.5, 0.6) is 0 Å². The molecule has 0 fully saturated rings. The molecule has 21 heavy (non-hydrogen) atoms. The van der Waals surface area contributed by atoms with E-state index in [1.807, 2.05) is 35.0 Å². The summed E-state index contributed by atoms with van der Waals surface area (Å²) in [6, 6.07) is 9.88. The second-order valence-corrected chi connectivity index (χ2v) is 4.67. The highest BCUT2D eigenvalue weighted by molar-refractivity contribution is 5.89. The lowest BCUT2D eigenvalue weighted by molar-refractivity contribution is 0.0517. The molecule has 3 rings (SSSR count). The van der Waals surface area contributed by atoms with Crippen molar-refractivity contribution in [3.05, 3.63) is 47.3 Å². The molecular formula is C15H18ClN3O2. The van der Waals surface area contributed by atoms with E-state index >= 15 is 0 Å². The summed E-state index contributed by atoms with van der Waals surface area (Å²) < 4.78 is 6.96. The third-order valence-electron chi connectivity index (χ3n) is 3.40. The Morgan fingerprint density at radius 2 is 2.14 bits per heavy atom. The molecule has 6 heteroatoms.